The number of nitrogens with zero attached hydrogens (tertiary/aromatic N) is 1. The third-order valence-electron chi connectivity index (χ3n) is 5.94. The Morgan fingerprint density at radius 2 is 1.77 bits per heavy atom. The van der Waals surface area contributed by atoms with Crippen molar-refractivity contribution in [2.45, 2.75) is 89.4 Å². The molecule has 3 rings (SSSR count). The van der Waals surface area contributed by atoms with Crippen LogP contribution >= 0.6 is 11.6 Å². The van der Waals surface area contributed by atoms with Crippen LogP contribution in [0, 0.1) is 0 Å². The highest BCUT2D eigenvalue weighted by Crippen LogP contribution is 2.38. The summed E-state index contributed by atoms with van der Waals surface area (Å²) in [7, 11) is 1.58. The minimum Gasteiger partial charge on any atom is -0.493 e. The second kappa shape index (κ2) is 11.1. The largest absolute Gasteiger partial charge is 0.493 e. The monoisotopic (exact) mass is 450 g/mol. The number of amides is 2. The van der Waals surface area contributed by atoms with Crippen LogP contribution in [0.2, 0.25) is 0 Å². The first kappa shape index (κ1) is 23.7. The number of benzene rings is 1. The number of methoxy groups -OCH3 is 1. The second-order valence-electron chi connectivity index (χ2n) is 8.84. The summed E-state index contributed by atoms with van der Waals surface area (Å²) in [5.41, 5.74) is 0.712. The molecule has 0 radical (unpaired) electrons. The summed E-state index contributed by atoms with van der Waals surface area (Å²) in [6, 6.07) is 4.95. The summed E-state index contributed by atoms with van der Waals surface area (Å²) >= 11 is 5.94. The first-order valence-electron chi connectivity index (χ1n) is 11.5. The topological polar surface area (TPSA) is 67.9 Å². The van der Waals surface area contributed by atoms with Gasteiger partial charge in [0.25, 0.3) is 0 Å². The maximum Gasteiger partial charge on any atom is 0.247 e. The van der Waals surface area contributed by atoms with Crippen molar-refractivity contribution in [2.24, 2.45) is 0 Å². The lowest BCUT2D eigenvalue weighted by molar-refractivity contribution is -0.140. The van der Waals surface area contributed by atoms with E-state index in [1.807, 2.05) is 32.0 Å². The van der Waals surface area contributed by atoms with E-state index in [1.165, 1.54) is 12.8 Å². The zero-order valence-corrected chi connectivity index (χ0v) is 19.6. The van der Waals surface area contributed by atoms with Crippen LogP contribution < -0.4 is 14.8 Å². The fourth-order valence-electron chi connectivity index (χ4n) is 4.33. The molecule has 0 saturated heterocycles. The number of nitrogens with one attached hydrogen (secondary N) is 1. The predicted octanol–water partition coefficient (Wildman–Crippen LogP) is 4.59. The molecule has 0 bridgehead atoms. The summed E-state index contributed by atoms with van der Waals surface area (Å²) in [5.74, 6) is 0.664. The Balaban J connectivity index is 1.93. The van der Waals surface area contributed by atoms with Gasteiger partial charge in [-0.25, -0.2) is 0 Å². The smallest absolute Gasteiger partial charge is 0.247 e. The number of alkyl halides is 1. The fourth-order valence-corrected chi connectivity index (χ4v) is 4.47. The van der Waals surface area contributed by atoms with Gasteiger partial charge in [0.15, 0.2) is 11.5 Å². The normalized spacial score (nSPS) is 18.2. The molecule has 2 amide bonds. The molecule has 1 N–H and O–H groups in total. The minimum atomic E-state index is -0.732. The Morgan fingerprint density at radius 3 is 2.32 bits per heavy atom. The minimum absolute atomic E-state index is 0.00475. The van der Waals surface area contributed by atoms with Gasteiger partial charge < -0.3 is 19.7 Å². The molecule has 1 aromatic carbocycles. The molecule has 2 aliphatic carbocycles. The van der Waals surface area contributed by atoms with Gasteiger partial charge in [0.1, 0.15) is 11.9 Å². The average molecular weight is 451 g/mol. The molecule has 172 valence electrons. The number of halogens is 1. The fraction of sp³-hybridized carbons (Fsp3) is 0.667. The zero-order valence-electron chi connectivity index (χ0n) is 18.9. The molecular formula is C24H35ClN2O4. The van der Waals surface area contributed by atoms with Crippen LogP contribution in [0.15, 0.2) is 18.2 Å². The van der Waals surface area contributed by atoms with Crippen LogP contribution in [-0.2, 0) is 9.59 Å². The standard InChI is InChI=1S/C24H35ClN2O4/c1-16(2)31-20-13-10-17(14-21(20)30-3)23(27(19-11-12-19)22(28)15-25)24(29)26-18-8-6-4-5-7-9-18/h10,13-14,16,18-19,23H,4-9,11-12,15H2,1-3H3,(H,26,29)/t23-/m1/s1. The van der Waals surface area contributed by atoms with E-state index in [1.54, 1.807) is 12.0 Å². The highest BCUT2D eigenvalue weighted by Gasteiger charge is 2.41. The van der Waals surface area contributed by atoms with Crippen LogP contribution in [0.1, 0.15) is 76.8 Å². The molecule has 2 saturated carbocycles. The highest BCUT2D eigenvalue weighted by atomic mass is 35.5. The second-order valence-corrected chi connectivity index (χ2v) is 9.11. The van der Waals surface area contributed by atoms with E-state index < -0.39 is 6.04 Å². The van der Waals surface area contributed by atoms with Gasteiger partial charge in [0, 0.05) is 12.1 Å². The highest BCUT2D eigenvalue weighted by molar-refractivity contribution is 6.27. The lowest BCUT2D eigenvalue weighted by Crippen LogP contribution is -2.47. The van der Waals surface area contributed by atoms with Gasteiger partial charge in [-0.05, 0) is 57.2 Å². The molecule has 6 nitrogen and oxygen atoms in total. The number of carbonyl (C=O) groups excluding carboxylic acids is 2. The number of ether oxygens (including phenoxy) is 2. The van der Waals surface area contributed by atoms with Gasteiger partial charge >= 0.3 is 0 Å². The molecule has 0 unspecified atom stereocenters. The van der Waals surface area contributed by atoms with Crippen molar-refractivity contribution in [3.63, 3.8) is 0 Å². The van der Waals surface area contributed by atoms with E-state index in [-0.39, 0.29) is 35.9 Å². The first-order chi connectivity index (χ1) is 14.9. The Kier molecular flexibility index (Phi) is 8.47. The summed E-state index contributed by atoms with van der Waals surface area (Å²) in [5, 5.41) is 3.24. The van der Waals surface area contributed by atoms with Gasteiger partial charge in [0.2, 0.25) is 11.8 Å². The van der Waals surface area contributed by atoms with E-state index in [0.717, 1.165) is 38.5 Å². The molecule has 7 heteroatoms. The first-order valence-corrected chi connectivity index (χ1v) is 12.0. The number of carbonyl (C=O) groups is 2. The molecule has 0 aromatic heterocycles. The van der Waals surface area contributed by atoms with Crippen molar-refractivity contribution in [2.75, 3.05) is 13.0 Å². The van der Waals surface area contributed by atoms with Gasteiger partial charge in [-0.15, -0.1) is 11.6 Å². The Morgan fingerprint density at radius 1 is 1.10 bits per heavy atom. The quantitative estimate of drug-likeness (QED) is 0.441. The molecular weight excluding hydrogens is 416 g/mol. The third-order valence-corrected chi connectivity index (χ3v) is 6.17. The van der Waals surface area contributed by atoms with Crippen LogP contribution in [0.25, 0.3) is 0 Å². The van der Waals surface area contributed by atoms with Crippen LogP contribution in [0.4, 0.5) is 0 Å². The van der Waals surface area contributed by atoms with Gasteiger partial charge in [0.05, 0.1) is 13.2 Å². The number of rotatable bonds is 9. The van der Waals surface area contributed by atoms with Crippen molar-refractivity contribution in [3.05, 3.63) is 23.8 Å². The van der Waals surface area contributed by atoms with Crippen LogP contribution in [-0.4, -0.2) is 47.9 Å². The lowest BCUT2D eigenvalue weighted by atomic mass is 10.0. The molecule has 2 aliphatic rings. The van der Waals surface area contributed by atoms with Gasteiger partial charge in [-0.2, -0.15) is 0 Å². The van der Waals surface area contributed by atoms with Crippen molar-refractivity contribution >= 4 is 23.4 Å². The van der Waals surface area contributed by atoms with Crippen LogP contribution in [0.3, 0.4) is 0 Å². The maximum absolute atomic E-state index is 13.6. The number of hydrogen-bond acceptors (Lipinski definition) is 4. The molecule has 31 heavy (non-hydrogen) atoms. The molecule has 0 spiro atoms. The van der Waals surface area contributed by atoms with E-state index in [9.17, 15) is 9.59 Å². The van der Waals surface area contributed by atoms with E-state index in [0.29, 0.717) is 17.1 Å². The predicted molar refractivity (Wildman–Crippen MR) is 122 cm³/mol. The third kappa shape index (κ3) is 6.28. The summed E-state index contributed by atoms with van der Waals surface area (Å²) in [6.45, 7) is 3.90. The summed E-state index contributed by atoms with van der Waals surface area (Å²) < 4.78 is 11.4. The summed E-state index contributed by atoms with van der Waals surface area (Å²) in [6.07, 6.45) is 8.41. The maximum atomic E-state index is 13.6. The Bertz CT molecular complexity index is 758. The summed E-state index contributed by atoms with van der Waals surface area (Å²) in [4.78, 5) is 28.0. The van der Waals surface area contributed by atoms with Crippen molar-refractivity contribution in [1.82, 2.24) is 10.2 Å². The SMILES string of the molecule is COc1cc([C@H](C(=O)NC2CCCCCC2)N(C(=O)CCl)C2CC2)ccc1OC(C)C. The average Bonchev–Trinajstić information content (AvgIpc) is 3.59. The zero-order chi connectivity index (χ0) is 22.4. The molecule has 1 aromatic rings. The van der Waals surface area contributed by atoms with E-state index in [2.05, 4.69) is 5.32 Å². The van der Waals surface area contributed by atoms with E-state index in [4.69, 9.17) is 21.1 Å². The number of hydrogen-bond donors (Lipinski definition) is 1. The van der Waals surface area contributed by atoms with Gasteiger partial charge in [-0.3, -0.25) is 9.59 Å². The molecule has 0 aliphatic heterocycles. The Labute approximate surface area is 190 Å². The van der Waals surface area contributed by atoms with Crippen LogP contribution in [0.5, 0.6) is 11.5 Å². The van der Waals surface area contributed by atoms with Crippen molar-refractivity contribution < 1.29 is 19.1 Å². The van der Waals surface area contributed by atoms with E-state index >= 15 is 0 Å². The van der Waals surface area contributed by atoms with Crippen molar-refractivity contribution in [3.8, 4) is 11.5 Å². The Hall–Kier alpha value is -1.95. The molecule has 0 heterocycles. The van der Waals surface area contributed by atoms with Gasteiger partial charge in [-0.1, -0.05) is 31.7 Å². The molecule has 1 atom stereocenters. The molecule has 2 fully saturated rings. The van der Waals surface area contributed by atoms with Crippen molar-refractivity contribution in [1.29, 1.82) is 0 Å². The lowest BCUT2D eigenvalue weighted by Gasteiger charge is -2.32.